The number of hydrogen-bond acceptors (Lipinski definition) is 6. The van der Waals surface area contributed by atoms with Gasteiger partial charge in [-0.3, -0.25) is 4.40 Å². The predicted molar refractivity (Wildman–Crippen MR) is 89.5 cm³/mol. The van der Waals surface area contributed by atoms with Crippen molar-refractivity contribution in [2.75, 3.05) is 27.1 Å². The van der Waals surface area contributed by atoms with E-state index in [1.807, 2.05) is 12.1 Å². The molecule has 0 aliphatic carbocycles. The molecule has 0 aliphatic rings. The van der Waals surface area contributed by atoms with E-state index in [2.05, 4.69) is 4.98 Å². The van der Waals surface area contributed by atoms with Crippen LogP contribution in [0.15, 0.2) is 36.5 Å². The normalized spacial score (nSPS) is 10.6. The van der Waals surface area contributed by atoms with Gasteiger partial charge in [0.15, 0.2) is 0 Å². The van der Waals surface area contributed by atoms with E-state index in [1.54, 1.807) is 43.0 Å². The molecule has 0 amide bonds. The molecule has 24 heavy (non-hydrogen) atoms. The molecular weight excluding hydrogens is 310 g/mol. The Morgan fingerprint density at radius 1 is 1.08 bits per heavy atom. The summed E-state index contributed by atoms with van der Waals surface area (Å²) in [6.45, 7) is 0. The van der Waals surface area contributed by atoms with E-state index < -0.39 is 5.97 Å². The van der Waals surface area contributed by atoms with Gasteiger partial charge in [-0.15, -0.1) is 0 Å². The number of carbonyl (C=O) groups excluding carboxylic acids is 1. The van der Waals surface area contributed by atoms with Crippen molar-refractivity contribution in [2.45, 2.75) is 0 Å². The summed E-state index contributed by atoms with van der Waals surface area (Å²) in [5.41, 5.74) is 8.58. The number of fused-ring (bicyclic) bond motifs is 1. The van der Waals surface area contributed by atoms with Crippen molar-refractivity contribution in [2.24, 2.45) is 0 Å². The van der Waals surface area contributed by atoms with Gasteiger partial charge in [0.2, 0.25) is 0 Å². The second kappa shape index (κ2) is 6.11. The van der Waals surface area contributed by atoms with Crippen LogP contribution in [0, 0.1) is 0 Å². The van der Waals surface area contributed by atoms with Crippen LogP contribution < -0.4 is 15.2 Å². The van der Waals surface area contributed by atoms with E-state index in [9.17, 15) is 4.79 Å². The van der Waals surface area contributed by atoms with Gasteiger partial charge in [0.25, 0.3) is 0 Å². The number of esters is 1. The van der Waals surface area contributed by atoms with Crippen LogP contribution in [0.25, 0.3) is 16.9 Å². The van der Waals surface area contributed by atoms with Crippen molar-refractivity contribution < 1.29 is 19.0 Å². The van der Waals surface area contributed by atoms with E-state index in [0.29, 0.717) is 34.2 Å². The Kier molecular flexibility index (Phi) is 3.99. The van der Waals surface area contributed by atoms with Crippen LogP contribution in [-0.4, -0.2) is 36.7 Å². The molecule has 7 nitrogen and oxygen atoms in total. The molecule has 2 N–H and O–H groups in total. The van der Waals surface area contributed by atoms with Crippen LogP contribution in [0.3, 0.4) is 0 Å². The van der Waals surface area contributed by atoms with E-state index in [0.717, 1.165) is 5.56 Å². The van der Waals surface area contributed by atoms with E-state index >= 15 is 0 Å². The summed E-state index contributed by atoms with van der Waals surface area (Å²) in [4.78, 5) is 16.2. The van der Waals surface area contributed by atoms with Crippen molar-refractivity contribution in [3.63, 3.8) is 0 Å². The minimum Gasteiger partial charge on any atom is -0.497 e. The SMILES string of the molecule is COC(=O)c1ccc2nc(-c3cc(OC)cc(OC)c3)c(N)n2c1. The summed E-state index contributed by atoms with van der Waals surface area (Å²) in [6.07, 6.45) is 1.60. The Bertz CT molecular complexity index is 895. The zero-order chi connectivity index (χ0) is 17.3. The molecule has 2 aromatic heterocycles. The number of nitrogens with two attached hydrogens (primary N) is 1. The number of nitrogen functional groups attached to an aromatic ring is 1. The third-order valence-corrected chi connectivity index (χ3v) is 3.70. The minimum absolute atomic E-state index is 0.392. The molecule has 0 unspecified atom stereocenters. The van der Waals surface area contributed by atoms with Gasteiger partial charge in [-0.05, 0) is 24.3 Å². The molecule has 0 fully saturated rings. The van der Waals surface area contributed by atoms with Crippen molar-refractivity contribution in [3.05, 3.63) is 42.1 Å². The molecule has 0 saturated carbocycles. The van der Waals surface area contributed by atoms with Crippen molar-refractivity contribution in [1.29, 1.82) is 0 Å². The first kappa shape index (κ1) is 15.7. The van der Waals surface area contributed by atoms with Gasteiger partial charge in [0, 0.05) is 17.8 Å². The number of imidazole rings is 1. The Balaban J connectivity index is 2.17. The number of hydrogen-bond donors (Lipinski definition) is 1. The highest BCUT2D eigenvalue weighted by Gasteiger charge is 2.15. The maximum atomic E-state index is 11.7. The van der Waals surface area contributed by atoms with Crippen molar-refractivity contribution in [3.8, 4) is 22.8 Å². The Labute approximate surface area is 138 Å². The van der Waals surface area contributed by atoms with Gasteiger partial charge in [0.05, 0.1) is 26.9 Å². The number of ether oxygens (including phenoxy) is 3. The smallest absolute Gasteiger partial charge is 0.339 e. The summed E-state index contributed by atoms with van der Waals surface area (Å²) in [5, 5.41) is 0. The standard InChI is InChI=1S/C17H17N3O4/c1-22-12-6-11(7-13(8-12)23-2)15-16(18)20-9-10(17(21)24-3)4-5-14(20)19-15/h4-9H,18H2,1-3H3. The average molecular weight is 327 g/mol. The summed E-state index contributed by atoms with van der Waals surface area (Å²) < 4.78 is 16.9. The maximum Gasteiger partial charge on any atom is 0.339 e. The van der Waals surface area contributed by atoms with Gasteiger partial charge >= 0.3 is 5.97 Å². The van der Waals surface area contributed by atoms with E-state index in [1.165, 1.54) is 7.11 Å². The topological polar surface area (TPSA) is 88.1 Å². The lowest BCUT2D eigenvalue weighted by atomic mass is 10.1. The van der Waals surface area contributed by atoms with Gasteiger partial charge in [-0.1, -0.05) is 0 Å². The Morgan fingerprint density at radius 2 is 1.75 bits per heavy atom. The highest BCUT2D eigenvalue weighted by atomic mass is 16.5. The van der Waals surface area contributed by atoms with Crippen LogP contribution in [0.2, 0.25) is 0 Å². The molecule has 0 aliphatic heterocycles. The van der Waals surface area contributed by atoms with Crippen LogP contribution in [-0.2, 0) is 4.74 Å². The number of benzene rings is 1. The lowest BCUT2D eigenvalue weighted by Crippen LogP contribution is -2.03. The lowest BCUT2D eigenvalue weighted by Gasteiger charge is -2.07. The third-order valence-electron chi connectivity index (χ3n) is 3.70. The summed E-state index contributed by atoms with van der Waals surface area (Å²) in [7, 11) is 4.49. The second-order valence-corrected chi connectivity index (χ2v) is 5.08. The van der Waals surface area contributed by atoms with Crippen LogP contribution in [0.4, 0.5) is 5.82 Å². The largest absolute Gasteiger partial charge is 0.497 e. The lowest BCUT2D eigenvalue weighted by molar-refractivity contribution is 0.0600. The molecule has 0 saturated heterocycles. The number of carbonyl (C=O) groups is 1. The first-order valence-corrected chi connectivity index (χ1v) is 7.16. The Hall–Kier alpha value is -3.22. The molecule has 0 radical (unpaired) electrons. The van der Waals surface area contributed by atoms with E-state index in [4.69, 9.17) is 19.9 Å². The molecule has 3 aromatic rings. The summed E-state index contributed by atoms with van der Waals surface area (Å²) in [5.74, 6) is 1.24. The van der Waals surface area contributed by atoms with Crippen LogP contribution in [0.1, 0.15) is 10.4 Å². The first-order valence-electron chi connectivity index (χ1n) is 7.16. The van der Waals surface area contributed by atoms with Crippen LogP contribution >= 0.6 is 0 Å². The summed E-state index contributed by atoms with van der Waals surface area (Å²) in [6, 6.07) is 8.77. The molecule has 124 valence electrons. The predicted octanol–water partition coefficient (Wildman–Crippen LogP) is 2.39. The zero-order valence-corrected chi connectivity index (χ0v) is 13.6. The number of nitrogens with zero attached hydrogens (tertiary/aromatic N) is 2. The molecule has 0 atom stereocenters. The molecule has 3 rings (SSSR count). The average Bonchev–Trinajstić information content (AvgIpc) is 2.96. The minimum atomic E-state index is -0.436. The summed E-state index contributed by atoms with van der Waals surface area (Å²) >= 11 is 0. The Morgan fingerprint density at radius 3 is 2.33 bits per heavy atom. The molecule has 0 spiro atoms. The van der Waals surface area contributed by atoms with Gasteiger partial charge in [0.1, 0.15) is 28.7 Å². The molecule has 7 heteroatoms. The second-order valence-electron chi connectivity index (χ2n) is 5.08. The van der Waals surface area contributed by atoms with Crippen molar-refractivity contribution >= 4 is 17.4 Å². The number of rotatable bonds is 4. The fourth-order valence-electron chi connectivity index (χ4n) is 2.46. The third kappa shape index (κ3) is 2.60. The van der Waals surface area contributed by atoms with Crippen molar-refractivity contribution in [1.82, 2.24) is 9.38 Å². The number of pyridine rings is 1. The first-order chi connectivity index (χ1) is 11.6. The quantitative estimate of drug-likeness (QED) is 0.740. The maximum absolute atomic E-state index is 11.7. The highest BCUT2D eigenvalue weighted by Crippen LogP contribution is 2.33. The molecule has 2 heterocycles. The zero-order valence-electron chi connectivity index (χ0n) is 13.6. The molecule has 0 bridgehead atoms. The fraction of sp³-hybridized carbons (Fsp3) is 0.176. The van der Waals surface area contributed by atoms with Gasteiger partial charge in [-0.25, -0.2) is 9.78 Å². The van der Waals surface area contributed by atoms with Gasteiger partial charge in [-0.2, -0.15) is 0 Å². The van der Waals surface area contributed by atoms with Gasteiger partial charge < -0.3 is 19.9 Å². The molecule has 1 aromatic carbocycles. The fourth-order valence-corrected chi connectivity index (χ4v) is 2.46. The van der Waals surface area contributed by atoms with E-state index in [-0.39, 0.29) is 0 Å². The van der Waals surface area contributed by atoms with Crippen LogP contribution in [0.5, 0.6) is 11.5 Å². The number of aromatic nitrogens is 2. The number of methoxy groups -OCH3 is 3. The monoisotopic (exact) mass is 327 g/mol. The molecular formula is C17H17N3O4. The number of anilines is 1. The highest BCUT2D eigenvalue weighted by molar-refractivity contribution is 5.90.